The summed E-state index contributed by atoms with van der Waals surface area (Å²) in [5.74, 6) is 5.63. The lowest BCUT2D eigenvalue weighted by molar-refractivity contribution is 0.0525. The quantitative estimate of drug-likeness (QED) is 0.360. The summed E-state index contributed by atoms with van der Waals surface area (Å²) in [5.41, 5.74) is 4.18. The topological polar surface area (TPSA) is 29.5 Å². The molecule has 1 aromatic carbocycles. The Morgan fingerprint density at radius 3 is 2.10 bits per heavy atom. The number of benzene rings is 1. The Bertz CT molecular complexity index is 705. The molecule has 176 valence electrons. The van der Waals surface area contributed by atoms with E-state index < -0.39 is 0 Å². The summed E-state index contributed by atoms with van der Waals surface area (Å²) >= 11 is 0. The standard InChI is InChI=1S/C29H48O2/c1-20(2)12-9-13-21(3)14-10-15-22(4)16-11-18-29(8)19-17-26-25(7)27(30)23(5)24(6)28(26)31-29/h20,30H,9-19H2,1-8H3/t29-/m1/s1. The van der Waals surface area contributed by atoms with Crippen molar-refractivity contribution in [3.05, 3.63) is 34.1 Å². The minimum Gasteiger partial charge on any atom is -0.507 e. The monoisotopic (exact) mass is 428 g/mol. The Labute approximate surface area is 193 Å². The van der Waals surface area contributed by atoms with Gasteiger partial charge in [0.2, 0.25) is 0 Å². The third kappa shape index (κ3) is 7.43. The highest BCUT2D eigenvalue weighted by molar-refractivity contribution is 5.58. The van der Waals surface area contributed by atoms with Crippen LogP contribution >= 0.6 is 0 Å². The van der Waals surface area contributed by atoms with Crippen LogP contribution in [0.2, 0.25) is 0 Å². The van der Waals surface area contributed by atoms with E-state index in [9.17, 15) is 5.11 Å². The van der Waals surface area contributed by atoms with Crippen molar-refractivity contribution in [1.82, 2.24) is 0 Å². The van der Waals surface area contributed by atoms with Gasteiger partial charge in [0.25, 0.3) is 0 Å². The zero-order valence-electron chi connectivity index (χ0n) is 21.7. The molecule has 2 heteroatoms. The number of fused-ring (bicyclic) bond motifs is 1. The fraction of sp³-hybridized carbons (Fsp3) is 0.724. The smallest absolute Gasteiger partial charge is 0.127 e. The summed E-state index contributed by atoms with van der Waals surface area (Å²) in [5, 5.41) is 10.4. The second-order valence-electron chi connectivity index (χ2n) is 11.0. The van der Waals surface area contributed by atoms with Crippen molar-refractivity contribution in [2.45, 2.75) is 132 Å². The van der Waals surface area contributed by atoms with E-state index in [0.717, 1.165) is 47.6 Å². The Morgan fingerprint density at radius 2 is 1.48 bits per heavy atom. The lowest BCUT2D eigenvalue weighted by Crippen LogP contribution is -2.37. The molecule has 1 N–H and O–H groups in total. The highest BCUT2D eigenvalue weighted by Gasteiger charge is 2.34. The van der Waals surface area contributed by atoms with E-state index in [4.69, 9.17) is 4.74 Å². The molecule has 2 radical (unpaired) electrons. The molecule has 0 unspecified atom stereocenters. The Kier molecular flexibility index (Phi) is 9.77. The molecule has 0 spiro atoms. The molecular formula is C29H48O2. The average molecular weight is 429 g/mol. The van der Waals surface area contributed by atoms with Crippen LogP contribution in [-0.2, 0) is 6.42 Å². The van der Waals surface area contributed by atoms with Gasteiger partial charge < -0.3 is 9.84 Å². The first-order valence-corrected chi connectivity index (χ1v) is 12.7. The van der Waals surface area contributed by atoms with Crippen LogP contribution in [0, 0.1) is 38.5 Å². The van der Waals surface area contributed by atoms with Crippen molar-refractivity contribution in [2.24, 2.45) is 5.92 Å². The van der Waals surface area contributed by atoms with Crippen LogP contribution in [0.4, 0.5) is 0 Å². The van der Waals surface area contributed by atoms with Crippen LogP contribution in [0.3, 0.4) is 0 Å². The maximum Gasteiger partial charge on any atom is 0.127 e. The first-order chi connectivity index (χ1) is 14.5. The van der Waals surface area contributed by atoms with E-state index >= 15 is 0 Å². The molecule has 31 heavy (non-hydrogen) atoms. The molecule has 1 aliphatic rings. The van der Waals surface area contributed by atoms with Gasteiger partial charge in [-0.15, -0.1) is 0 Å². The van der Waals surface area contributed by atoms with Gasteiger partial charge in [0.05, 0.1) is 0 Å². The summed E-state index contributed by atoms with van der Waals surface area (Å²) in [6.45, 7) is 17.7. The number of phenols is 1. The van der Waals surface area contributed by atoms with E-state index in [1.165, 1.54) is 56.9 Å². The number of rotatable bonds is 12. The van der Waals surface area contributed by atoms with Crippen molar-refractivity contribution >= 4 is 0 Å². The van der Waals surface area contributed by atoms with Crippen LogP contribution in [-0.4, -0.2) is 10.7 Å². The molecular weight excluding hydrogens is 380 g/mol. The predicted octanol–water partition coefficient (Wildman–Crippen LogP) is 8.76. The molecule has 2 rings (SSSR count). The molecule has 1 aromatic rings. The maximum absolute atomic E-state index is 10.4. The van der Waals surface area contributed by atoms with Crippen LogP contribution in [0.5, 0.6) is 11.5 Å². The fourth-order valence-corrected chi connectivity index (χ4v) is 4.99. The second kappa shape index (κ2) is 11.6. The second-order valence-corrected chi connectivity index (χ2v) is 11.0. The molecule has 0 bridgehead atoms. The fourth-order valence-electron chi connectivity index (χ4n) is 4.99. The van der Waals surface area contributed by atoms with Crippen LogP contribution in [0.15, 0.2) is 0 Å². The molecule has 0 fully saturated rings. The molecule has 0 aromatic heterocycles. The number of ether oxygens (including phenoxy) is 1. The van der Waals surface area contributed by atoms with Crippen molar-refractivity contribution < 1.29 is 9.84 Å². The van der Waals surface area contributed by atoms with Crippen LogP contribution in [0.25, 0.3) is 0 Å². The molecule has 1 heterocycles. The zero-order valence-corrected chi connectivity index (χ0v) is 21.7. The van der Waals surface area contributed by atoms with Gasteiger partial charge >= 0.3 is 0 Å². The van der Waals surface area contributed by atoms with Gasteiger partial charge in [0, 0.05) is 5.56 Å². The molecule has 0 saturated carbocycles. The SMILES string of the molecule is C[C](CCC[C](C)CCC[C@]1(C)CCc2c(C)c(O)c(C)c(C)c2O1)CCCC(C)C. The molecule has 1 atom stereocenters. The van der Waals surface area contributed by atoms with Crippen molar-refractivity contribution in [3.8, 4) is 11.5 Å². The molecule has 0 saturated heterocycles. The third-order valence-corrected chi connectivity index (χ3v) is 7.49. The van der Waals surface area contributed by atoms with Gasteiger partial charge in [-0.05, 0) is 114 Å². The average Bonchev–Trinajstić information content (AvgIpc) is 2.70. The van der Waals surface area contributed by atoms with Gasteiger partial charge in [-0.3, -0.25) is 0 Å². The summed E-state index contributed by atoms with van der Waals surface area (Å²) < 4.78 is 6.59. The number of phenolic OH excluding ortho intramolecular Hbond substituents is 1. The van der Waals surface area contributed by atoms with Gasteiger partial charge in [-0.1, -0.05) is 47.0 Å². The lowest BCUT2D eigenvalue weighted by Gasteiger charge is -2.38. The zero-order chi connectivity index (χ0) is 23.2. The normalized spacial score (nSPS) is 18.7. The third-order valence-electron chi connectivity index (χ3n) is 7.49. The van der Waals surface area contributed by atoms with E-state index in [-0.39, 0.29) is 5.60 Å². The Balaban J connectivity index is 1.74. The Morgan fingerprint density at radius 1 is 0.903 bits per heavy atom. The molecule has 0 aliphatic carbocycles. The van der Waals surface area contributed by atoms with E-state index in [1.807, 2.05) is 13.8 Å². The summed E-state index contributed by atoms with van der Waals surface area (Å²) in [6.07, 6.45) is 13.4. The maximum atomic E-state index is 10.4. The van der Waals surface area contributed by atoms with Crippen LogP contribution < -0.4 is 4.74 Å². The summed E-state index contributed by atoms with van der Waals surface area (Å²) in [7, 11) is 0. The first-order valence-electron chi connectivity index (χ1n) is 12.7. The van der Waals surface area contributed by atoms with Gasteiger partial charge in [0.1, 0.15) is 17.1 Å². The largest absolute Gasteiger partial charge is 0.507 e. The van der Waals surface area contributed by atoms with Crippen molar-refractivity contribution in [1.29, 1.82) is 0 Å². The predicted molar refractivity (Wildman–Crippen MR) is 134 cm³/mol. The summed E-state index contributed by atoms with van der Waals surface area (Å²) in [6, 6.07) is 0. The van der Waals surface area contributed by atoms with Gasteiger partial charge in [-0.2, -0.15) is 0 Å². The van der Waals surface area contributed by atoms with Crippen molar-refractivity contribution in [2.75, 3.05) is 0 Å². The van der Waals surface area contributed by atoms with Gasteiger partial charge in [-0.25, -0.2) is 0 Å². The minimum absolute atomic E-state index is 0.0886. The number of hydrogen-bond acceptors (Lipinski definition) is 2. The summed E-state index contributed by atoms with van der Waals surface area (Å²) in [4.78, 5) is 0. The number of hydrogen-bond donors (Lipinski definition) is 1. The molecule has 1 aliphatic heterocycles. The molecule has 0 amide bonds. The van der Waals surface area contributed by atoms with Crippen LogP contribution in [0.1, 0.15) is 121 Å². The van der Waals surface area contributed by atoms with E-state index in [0.29, 0.717) is 5.75 Å². The van der Waals surface area contributed by atoms with Gasteiger partial charge in [0.15, 0.2) is 0 Å². The number of aromatic hydroxyl groups is 1. The molecule has 2 nitrogen and oxygen atoms in total. The van der Waals surface area contributed by atoms with E-state index in [1.54, 1.807) is 11.8 Å². The first kappa shape index (κ1) is 26.1. The Hall–Kier alpha value is -1.18. The highest BCUT2D eigenvalue weighted by Crippen LogP contribution is 2.44. The highest BCUT2D eigenvalue weighted by atomic mass is 16.5. The minimum atomic E-state index is -0.0886. The van der Waals surface area contributed by atoms with Crippen molar-refractivity contribution in [3.63, 3.8) is 0 Å². The lowest BCUT2D eigenvalue weighted by atomic mass is 9.84. The van der Waals surface area contributed by atoms with E-state index in [2.05, 4.69) is 41.5 Å².